The molecule has 7 nitrogen and oxygen atoms in total. The highest BCUT2D eigenvalue weighted by Crippen LogP contribution is 2.37. The molecule has 0 saturated carbocycles. The summed E-state index contributed by atoms with van der Waals surface area (Å²) in [5.74, 6) is 0.0971. The normalized spacial score (nSPS) is 14.5. The number of alkyl halides is 3. The molecule has 13 heteroatoms. The number of hydrogen-bond donors (Lipinski definition) is 2. The van der Waals surface area contributed by atoms with Crippen LogP contribution in [0.4, 0.5) is 18.9 Å². The molecule has 0 aromatic heterocycles. The minimum Gasteiger partial charge on any atom is -0.455 e. The van der Waals surface area contributed by atoms with Crippen molar-refractivity contribution in [3.8, 4) is 11.5 Å². The Morgan fingerprint density at radius 3 is 2.33 bits per heavy atom. The second kappa shape index (κ2) is 12.7. The smallest absolute Gasteiger partial charge is 0.417 e. The van der Waals surface area contributed by atoms with Crippen LogP contribution in [0, 0.1) is 0 Å². The van der Waals surface area contributed by atoms with E-state index < -0.39 is 31.7 Å². The Morgan fingerprint density at radius 2 is 1.65 bits per heavy atom. The van der Waals surface area contributed by atoms with Crippen LogP contribution in [0.2, 0.25) is 10.0 Å². The Balaban J connectivity index is 1.45. The van der Waals surface area contributed by atoms with E-state index in [-0.39, 0.29) is 22.4 Å². The van der Waals surface area contributed by atoms with Crippen molar-refractivity contribution in [3.05, 3.63) is 81.8 Å². The third kappa shape index (κ3) is 7.81. The molecule has 1 aliphatic heterocycles. The first-order valence-electron chi connectivity index (χ1n) is 12.4. The second-order valence-electron chi connectivity index (χ2n) is 9.17. The van der Waals surface area contributed by atoms with E-state index in [9.17, 15) is 26.4 Å². The number of carbonyl (C=O) groups excluding carboxylic acids is 1. The Hall–Kier alpha value is -2.99. The predicted molar refractivity (Wildman–Crippen MR) is 148 cm³/mol. The molecule has 0 aliphatic carbocycles. The molecule has 0 bridgehead atoms. The molecule has 1 amide bonds. The maximum Gasteiger partial charge on any atom is 0.417 e. The van der Waals surface area contributed by atoms with Gasteiger partial charge in [-0.05, 0) is 86.6 Å². The van der Waals surface area contributed by atoms with E-state index in [0.717, 1.165) is 31.8 Å². The highest BCUT2D eigenvalue weighted by molar-refractivity contribution is 7.92. The monoisotopic (exact) mass is 615 g/mol. The lowest BCUT2D eigenvalue weighted by Crippen LogP contribution is -2.37. The number of nitrogens with one attached hydrogen (secondary N) is 2. The van der Waals surface area contributed by atoms with Crippen molar-refractivity contribution < 1.29 is 31.1 Å². The van der Waals surface area contributed by atoms with Crippen LogP contribution < -0.4 is 14.8 Å². The number of nitrogens with zero attached hydrogens (tertiary/aromatic N) is 1. The van der Waals surface area contributed by atoms with Crippen LogP contribution in [0.1, 0.15) is 35.2 Å². The van der Waals surface area contributed by atoms with Crippen molar-refractivity contribution in [2.75, 3.05) is 30.9 Å². The standard InChI is InChI=1S/C27H26Cl2F3N3O4S/c28-19-6-11-25(24(16-19)34-40(37,38)21-9-10-23(29)22(17-21)27(30,31)32)39-20-7-4-18(5-8-20)26(36)33-12-15-35-13-2-1-3-14-35/h4-11,16-17,34H,1-3,12-15H2,(H,33,36). The van der Waals surface area contributed by atoms with Crippen molar-refractivity contribution in [1.29, 1.82) is 0 Å². The van der Waals surface area contributed by atoms with Gasteiger partial charge in [0.1, 0.15) is 5.75 Å². The van der Waals surface area contributed by atoms with E-state index in [2.05, 4.69) is 14.9 Å². The molecule has 0 spiro atoms. The zero-order chi connectivity index (χ0) is 28.9. The van der Waals surface area contributed by atoms with Crippen molar-refractivity contribution in [1.82, 2.24) is 10.2 Å². The van der Waals surface area contributed by atoms with Gasteiger partial charge in [0.2, 0.25) is 0 Å². The summed E-state index contributed by atoms with van der Waals surface area (Å²) in [5, 5.41) is 2.43. The van der Waals surface area contributed by atoms with Gasteiger partial charge in [0.25, 0.3) is 15.9 Å². The van der Waals surface area contributed by atoms with Crippen LogP contribution in [0.15, 0.2) is 65.6 Å². The summed E-state index contributed by atoms with van der Waals surface area (Å²) >= 11 is 11.7. The van der Waals surface area contributed by atoms with Gasteiger partial charge in [-0.3, -0.25) is 9.52 Å². The first-order chi connectivity index (χ1) is 18.9. The molecular weight excluding hydrogens is 590 g/mol. The first-order valence-corrected chi connectivity index (χ1v) is 14.6. The third-order valence-corrected chi connectivity index (χ3v) is 8.17. The van der Waals surface area contributed by atoms with Gasteiger partial charge >= 0.3 is 6.18 Å². The lowest BCUT2D eigenvalue weighted by atomic mass is 10.1. The Bertz CT molecular complexity index is 1460. The molecule has 3 aromatic carbocycles. The molecule has 1 aliphatic rings. The van der Waals surface area contributed by atoms with Gasteiger partial charge in [-0.15, -0.1) is 0 Å². The molecule has 3 aromatic rings. The number of benzene rings is 3. The molecule has 40 heavy (non-hydrogen) atoms. The molecule has 1 fully saturated rings. The van der Waals surface area contributed by atoms with E-state index in [4.69, 9.17) is 27.9 Å². The molecule has 214 valence electrons. The van der Waals surface area contributed by atoms with E-state index >= 15 is 0 Å². The Kier molecular flexibility index (Phi) is 9.50. The highest BCUT2D eigenvalue weighted by atomic mass is 35.5. The van der Waals surface area contributed by atoms with Gasteiger partial charge in [0, 0.05) is 23.7 Å². The fourth-order valence-electron chi connectivity index (χ4n) is 4.18. The van der Waals surface area contributed by atoms with E-state index in [1.165, 1.54) is 37.5 Å². The Morgan fingerprint density at radius 1 is 0.950 bits per heavy atom. The van der Waals surface area contributed by atoms with Gasteiger partial charge in [-0.2, -0.15) is 13.2 Å². The van der Waals surface area contributed by atoms with Gasteiger partial charge in [-0.25, -0.2) is 8.42 Å². The van der Waals surface area contributed by atoms with Crippen LogP contribution in [-0.4, -0.2) is 45.4 Å². The third-order valence-electron chi connectivity index (χ3n) is 6.25. The average Bonchev–Trinajstić information content (AvgIpc) is 2.90. The fourth-order valence-corrected chi connectivity index (χ4v) is 5.66. The summed E-state index contributed by atoms with van der Waals surface area (Å²) in [6, 6.07) is 12.6. The maximum absolute atomic E-state index is 13.3. The van der Waals surface area contributed by atoms with Gasteiger partial charge in [0.05, 0.1) is 21.2 Å². The maximum atomic E-state index is 13.3. The molecule has 2 N–H and O–H groups in total. The topological polar surface area (TPSA) is 87.7 Å². The summed E-state index contributed by atoms with van der Waals surface area (Å²) in [6.07, 6.45) is -1.26. The molecule has 1 heterocycles. The number of amides is 1. The SMILES string of the molecule is O=C(NCCN1CCCCC1)c1ccc(Oc2ccc(Cl)cc2NS(=O)(=O)c2ccc(Cl)c(C(F)(F)F)c2)cc1. The zero-order valence-electron chi connectivity index (χ0n) is 21.1. The Labute approximate surface area is 240 Å². The van der Waals surface area contributed by atoms with Crippen LogP contribution in [-0.2, 0) is 16.2 Å². The average molecular weight is 616 g/mol. The largest absolute Gasteiger partial charge is 0.455 e. The number of ether oxygens (including phenoxy) is 1. The van der Waals surface area contributed by atoms with Gasteiger partial charge < -0.3 is 15.0 Å². The zero-order valence-corrected chi connectivity index (χ0v) is 23.4. The summed E-state index contributed by atoms with van der Waals surface area (Å²) in [5.41, 5.74) is -0.961. The number of likely N-dealkylation sites (tertiary alicyclic amines) is 1. The van der Waals surface area contributed by atoms with Crippen LogP contribution in [0.25, 0.3) is 0 Å². The molecule has 0 unspecified atom stereocenters. The van der Waals surface area contributed by atoms with Crippen molar-refractivity contribution in [3.63, 3.8) is 0 Å². The lowest BCUT2D eigenvalue weighted by molar-refractivity contribution is -0.137. The number of sulfonamides is 1. The van der Waals surface area contributed by atoms with E-state index in [1.807, 2.05) is 0 Å². The highest BCUT2D eigenvalue weighted by Gasteiger charge is 2.34. The quantitative estimate of drug-likeness (QED) is 0.276. The molecule has 4 rings (SSSR count). The number of carbonyl (C=O) groups is 1. The first kappa shape index (κ1) is 30.0. The number of anilines is 1. The summed E-state index contributed by atoms with van der Waals surface area (Å²) in [7, 11) is -4.48. The van der Waals surface area contributed by atoms with Crippen molar-refractivity contribution >= 4 is 44.8 Å². The van der Waals surface area contributed by atoms with E-state index in [1.54, 1.807) is 24.3 Å². The summed E-state index contributed by atoms with van der Waals surface area (Å²) in [4.78, 5) is 14.2. The lowest BCUT2D eigenvalue weighted by Gasteiger charge is -2.26. The minimum absolute atomic E-state index is 0.0386. The number of halogens is 5. The van der Waals surface area contributed by atoms with Crippen LogP contribution in [0.3, 0.4) is 0 Å². The van der Waals surface area contributed by atoms with Crippen molar-refractivity contribution in [2.24, 2.45) is 0 Å². The molecule has 0 radical (unpaired) electrons. The van der Waals surface area contributed by atoms with Crippen LogP contribution in [0.5, 0.6) is 11.5 Å². The number of piperidine rings is 1. The number of rotatable bonds is 9. The molecular formula is C27H26Cl2F3N3O4S. The minimum atomic E-state index is -4.84. The summed E-state index contributed by atoms with van der Waals surface area (Å²) in [6.45, 7) is 3.40. The number of hydrogen-bond acceptors (Lipinski definition) is 5. The van der Waals surface area contributed by atoms with Crippen LogP contribution >= 0.6 is 23.2 Å². The summed E-state index contributed by atoms with van der Waals surface area (Å²) < 4.78 is 73.7. The second-order valence-corrected chi connectivity index (χ2v) is 11.7. The van der Waals surface area contributed by atoms with Gasteiger partial charge in [0.15, 0.2) is 5.75 Å². The van der Waals surface area contributed by atoms with E-state index in [0.29, 0.717) is 23.9 Å². The van der Waals surface area contributed by atoms with Gasteiger partial charge in [-0.1, -0.05) is 29.6 Å². The fraction of sp³-hybridized carbons (Fsp3) is 0.296. The molecule has 1 saturated heterocycles. The van der Waals surface area contributed by atoms with Crippen molar-refractivity contribution in [2.45, 2.75) is 30.3 Å². The molecule has 0 atom stereocenters. The predicted octanol–water partition coefficient (Wildman–Crippen LogP) is 6.82.